The van der Waals surface area contributed by atoms with Gasteiger partial charge in [-0.25, -0.2) is 4.98 Å². The van der Waals surface area contributed by atoms with E-state index in [0.717, 1.165) is 15.2 Å². The van der Waals surface area contributed by atoms with E-state index in [0.29, 0.717) is 11.6 Å². The van der Waals surface area contributed by atoms with E-state index in [1.54, 1.807) is 11.3 Å². The summed E-state index contributed by atoms with van der Waals surface area (Å²) in [5.41, 5.74) is 1.55. The van der Waals surface area contributed by atoms with Crippen LogP contribution in [-0.4, -0.2) is 25.6 Å². The number of anilines is 1. The van der Waals surface area contributed by atoms with Crippen LogP contribution in [0.3, 0.4) is 0 Å². The third kappa shape index (κ3) is 4.00. The van der Waals surface area contributed by atoms with Crippen molar-refractivity contribution in [2.24, 2.45) is 0 Å². The number of benzene rings is 1. The fourth-order valence-electron chi connectivity index (χ4n) is 2.28. The van der Waals surface area contributed by atoms with Crippen LogP contribution in [0, 0.1) is 10.1 Å². The summed E-state index contributed by atoms with van der Waals surface area (Å²) in [7, 11) is 0. The molecule has 3 rings (SSSR count). The normalized spacial score (nSPS) is 11.2. The van der Waals surface area contributed by atoms with Crippen LogP contribution in [0.1, 0.15) is 31.2 Å². The minimum atomic E-state index is -0.515. The average Bonchev–Trinajstić information content (AvgIpc) is 3.19. The summed E-state index contributed by atoms with van der Waals surface area (Å²) < 4.78 is 2.42. The highest BCUT2D eigenvalue weighted by Gasteiger charge is 2.11. The molecule has 0 aliphatic heterocycles. The van der Waals surface area contributed by atoms with E-state index < -0.39 is 4.92 Å². The number of carbonyl (C=O) groups excluding carboxylic acids is 1. The first-order valence-electron chi connectivity index (χ1n) is 7.79. The molecular formula is C16H17N5O3S. The zero-order chi connectivity index (χ0) is 18.0. The average molecular weight is 359 g/mol. The van der Waals surface area contributed by atoms with Crippen LogP contribution < -0.4 is 5.32 Å². The number of hydrogen-bond donors (Lipinski definition) is 1. The lowest BCUT2D eigenvalue weighted by Gasteiger charge is -2.05. The standard InChI is InChI=1S/C16H17N5O3S/c1-10(2)16-19-13-4-3-11(7-14(13)25-16)18-15(22)5-6-20-9-12(8-17-20)21(23)24/h3-4,7-10H,5-6H2,1-2H3,(H,18,22). The van der Waals surface area contributed by atoms with Gasteiger partial charge in [-0.2, -0.15) is 5.10 Å². The first-order valence-corrected chi connectivity index (χ1v) is 8.61. The minimum absolute atomic E-state index is 0.0861. The molecule has 0 saturated heterocycles. The van der Waals surface area contributed by atoms with Gasteiger partial charge in [0.05, 0.1) is 20.1 Å². The molecule has 0 spiro atoms. The van der Waals surface area contributed by atoms with Crippen molar-refractivity contribution in [3.05, 3.63) is 45.7 Å². The molecule has 0 bridgehead atoms. The molecule has 1 N–H and O–H groups in total. The van der Waals surface area contributed by atoms with Crippen LogP contribution in [0.25, 0.3) is 10.2 Å². The van der Waals surface area contributed by atoms with E-state index in [1.165, 1.54) is 17.1 Å². The van der Waals surface area contributed by atoms with Crippen LogP contribution in [0.5, 0.6) is 0 Å². The van der Waals surface area contributed by atoms with Gasteiger partial charge >= 0.3 is 5.69 Å². The summed E-state index contributed by atoms with van der Waals surface area (Å²) in [6.45, 7) is 4.47. The number of thiazole rings is 1. The Kier molecular flexibility index (Phi) is 4.75. The fourth-order valence-corrected chi connectivity index (χ4v) is 3.29. The lowest BCUT2D eigenvalue weighted by molar-refractivity contribution is -0.385. The number of aryl methyl sites for hydroxylation is 1. The van der Waals surface area contributed by atoms with Crippen LogP contribution in [-0.2, 0) is 11.3 Å². The van der Waals surface area contributed by atoms with Gasteiger partial charge < -0.3 is 5.32 Å². The molecular weight excluding hydrogens is 342 g/mol. The van der Waals surface area contributed by atoms with Crippen molar-refractivity contribution < 1.29 is 9.72 Å². The lowest BCUT2D eigenvalue weighted by atomic mass is 10.2. The molecule has 2 heterocycles. The van der Waals surface area contributed by atoms with E-state index in [-0.39, 0.29) is 24.6 Å². The largest absolute Gasteiger partial charge is 0.326 e. The molecule has 0 saturated carbocycles. The molecule has 9 heteroatoms. The Balaban J connectivity index is 1.61. The number of aromatic nitrogens is 3. The monoisotopic (exact) mass is 359 g/mol. The minimum Gasteiger partial charge on any atom is -0.326 e. The Hall–Kier alpha value is -2.81. The van der Waals surface area contributed by atoms with E-state index in [9.17, 15) is 14.9 Å². The SMILES string of the molecule is CC(C)c1nc2ccc(NC(=O)CCn3cc([N+](=O)[O-])cn3)cc2s1. The van der Waals surface area contributed by atoms with Crippen molar-refractivity contribution in [3.63, 3.8) is 0 Å². The molecule has 0 aliphatic carbocycles. The van der Waals surface area contributed by atoms with Crippen molar-refractivity contribution >= 4 is 38.8 Å². The van der Waals surface area contributed by atoms with Crippen molar-refractivity contribution in [2.45, 2.75) is 32.7 Å². The summed E-state index contributed by atoms with van der Waals surface area (Å²) in [6, 6.07) is 5.63. The molecule has 0 radical (unpaired) electrons. The molecule has 3 aromatic rings. The van der Waals surface area contributed by atoms with Gasteiger partial charge in [0, 0.05) is 24.6 Å². The van der Waals surface area contributed by atoms with Gasteiger partial charge in [-0.05, 0) is 18.2 Å². The highest BCUT2D eigenvalue weighted by atomic mass is 32.1. The summed E-state index contributed by atoms with van der Waals surface area (Å²) in [6.07, 6.45) is 2.66. The first kappa shape index (κ1) is 17.0. The number of rotatable bonds is 6. The second kappa shape index (κ2) is 6.98. The van der Waals surface area contributed by atoms with Gasteiger partial charge in [-0.15, -0.1) is 11.3 Å². The molecule has 1 amide bonds. The number of nitrogens with one attached hydrogen (secondary N) is 1. The maximum atomic E-state index is 12.1. The number of nitrogens with zero attached hydrogens (tertiary/aromatic N) is 4. The quantitative estimate of drug-likeness (QED) is 0.535. The van der Waals surface area contributed by atoms with E-state index in [4.69, 9.17) is 0 Å². The second-order valence-electron chi connectivity index (χ2n) is 5.91. The molecule has 130 valence electrons. The molecule has 0 fully saturated rings. The zero-order valence-electron chi connectivity index (χ0n) is 13.8. The summed E-state index contributed by atoms with van der Waals surface area (Å²) in [5.74, 6) is 0.194. The molecule has 0 unspecified atom stereocenters. The number of carbonyl (C=O) groups is 1. The second-order valence-corrected chi connectivity index (χ2v) is 6.97. The number of nitro groups is 1. The smallest absolute Gasteiger partial charge is 0.306 e. The van der Waals surface area contributed by atoms with Crippen LogP contribution in [0.2, 0.25) is 0 Å². The van der Waals surface area contributed by atoms with E-state index in [1.807, 2.05) is 18.2 Å². The Bertz CT molecular complexity index is 931. The highest BCUT2D eigenvalue weighted by Crippen LogP contribution is 2.29. The summed E-state index contributed by atoms with van der Waals surface area (Å²) >= 11 is 1.62. The van der Waals surface area contributed by atoms with Gasteiger partial charge in [-0.3, -0.25) is 19.6 Å². The summed E-state index contributed by atoms with van der Waals surface area (Å²) in [4.78, 5) is 26.7. The zero-order valence-corrected chi connectivity index (χ0v) is 14.6. The molecule has 8 nitrogen and oxygen atoms in total. The van der Waals surface area contributed by atoms with Gasteiger partial charge in [0.2, 0.25) is 5.91 Å². The maximum absolute atomic E-state index is 12.1. The van der Waals surface area contributed by atoms with Crippen LogP contribution >= 0.6 is 11.3 Å². The number of fused-ring (bicyclic) bond motifs is 1. The first-order chi connectivity index (χ1) is 11.9. The van der Waals surface area contributed by atoms with Crippen LogP contribution in [0.15, 0.2) is 30.6 Å². The summed E-state index contributed by atoms with van der Waals surface area (Å²) in [5, 5.41) is 18.4. The molecule has 25 heavy (non-hydrogen) atoms. The predicted molar refractivity (Wildman–Crippen MR) is 95.8 cm³/mol. The van der Waals surface area contributed by atoms with Gasteiger partial charge in [0.15, 0.2) is 0 Å². The van der Waals surface area contributed by atoms with Crippen molar-refractivity contribution in [3.8, 4) is 0 Å². The van der Waals surface area contributed by atoms with Gasteiger partial charge in [0.1, 0.15) is 12.4 Å². The van der Waals surface area contributed by atoms with Gasteiger partial charge in [0.25, 0.3) is 0 Å². The van der Waals surface area contributed by atoms with E-state index in [2.05, 4.69) is 29.2 Å². The third-order valence-corrected chi connectivity index (χ3v) is 4.90. The van der Waals surface area contributed by atoms with E-state index >= 15 is 0 Å². The van der Waals surface area contributed by atoms with Crippen LogP contribution in [0.4, 0.5) is 11.4 Å². The van der Waals surface area contributed by atoms with Gasteiger partial charge in [-0.1, -0.05) is 13.8 Å². The van der Waals surface area contributed by atoms with Crippen molar-refractivity contribution in [1.82, 2.24) is 14.8 Å². The fraction of sp³-hybridized carbons (Fsp3) is 0.312. The Morgan fingerprint density at radius 1 is 1.44 bits per heavy atom. The molecule has 0 atom stereocenters. The number of amides is 1. The Labute approximate surface area is 147 Å². The highest BCUT2D eigenvalue weighted by molar-refractivity contribution is 7.18. The Morgan fingerprint density at radius 2 is 2.24 bits per heavy atom. The van der Waals surface area contributed by atoms with Crippen molar-refractivity contribution in [1.29, 1.82) is 0 Å². The third-order valence-electron chi connectivity index (χ3n) is 3.58. The topological polar surface area (TPSA) is 103 Å². The Morgan fingerprint density at radius 3 is 2.92 bits per heavy atom. The molecule has 2 aromatic heterocycles. The number of hydrogen-bond acceptors (Lipinski definition) is 6. The maximum Gasteiger partial charge on any atom is 0.306 e. The molecule has 0 aliphatic rings. The molecule has 1 aromatic carbocycles. The van der Waals surface area contributed by atoms with Crippen molar-refractivity contribution in [2.75, 3.05) is 5.32 Å². The lowest BCUT2D eigenvalue weighted by Crippen LogP contribution is -2.14. The predicted octanol–water partition coefficient (Wildman–Crippen LogP) is 3.55.